The zero-order chi connectivity index (χ0) is 24.1. The van der Waals surface area contributed by atoms with Crippen molar-refractivity contribution in [1.29, 1.82) is 0 Å². The van der Waals surface area contributed by atoms with Crippen molar-refractivity contribution < 1.29 is 22.7 Å². The van der Waals surface area contributed by atoms with Crippen molar-refractivity contribution in [2.75, 3.05) is 24.5 Å². The molecule has 180 valence electrons. The molecule has 0 spiro atoms. The van der Waals surface area contributed by atoms with Crippen LogP contribution in [0.3, 0.4) is 0 Å². The monoisotopic (exact) mass is 482 g/mol. The average Bonchev–Trinajstić information content (AvgIpc) is 3.06. The van der Waals surface area contributed by atoms with E-state index in [2.05, 4.69) is 0 Å². The first-order chi connectivity index (χ1) is 16.4. The fourth-order valence-electron chi connectivity index (χ4n) is 4.40. The highest BCUT2D eigenvalue weighted by Gasteiger charge is 2.29. The first-order valence-electron chi connectivity index (χ1n) is 11.7. The molecule has 7 nitrogen and oxygen atoms in total. The van der Waals surface area contributed by atoms with Crippen LogP contribution < -0.4 is 4.90 Å². The molecular weight excluding hydrogens is 452 g/mol. The molecule has 8 heteroatoms. The van der Waals surface area contributed by atoms with E-state index in [1.807, 2.05) is 24.3 Å². The van der Waals surface area contributed by atoms with Gasteiger partial charge >= 0.3 is 5.97 Å². The van der Waals surface area contributed by atoms with Crippen LogP contribution in [0, 0.1) is 0 Å². The first-order valence-corrected chi connectivity index (χ1v) is 13.2. The summed E-state index contributed by atoms with van der Waals surface area (Å²) in [6.45, 7) is 3.24. The lowest BCUT2D eigenvalue weighted by Crippen LogP contribution is -2.38. The Bertz CT molecular complexity index is 1170. The van der Waals surface area contributed by atoms with Crippen molar-refractivity contribution in [2.24, 2.45) is 0 Å². The van der Waals surface area contributed by atoms with E-state index in [0.29, 0.717) is 25.2 Å². The van der Waals surface area contributed by atoms with Crippen LogP contribution in [0.15, 0.2) is 59.5 Å². The molecule has 0 bridgehead atoms. The number of nitrogens with zero attached hydrogens (tertiary/aromatic N) is 2. The second-order valence-corrected chi connectivity index (χ2v) is 10.6. The normalized spacial score (nSPS) is 17.9. The molecule has 2 aromatic rings. The number of ether oxygens (including phenoxy) is 1. The summed E-state index contributed by atoms with van der Waals surface area (Å²) < 4.78 is 32.6. The third-order valence-corrected chi connectivity index (χ3v) is 8.20. The second-order valence-electron chi connectivity index (χ2n) is 8.67. The number of carbonyl (C=O) groups is 2. The number of rotatable bonds is 6. The number of anilines is 1. The van der Waals surface area contributed by atoms with Gasteiger partial charge in [-0.3, -0.25) is 4.79 Å². The fraction of sp³-hybridized carbons (Fsp3) is 0.385. The molecule has 2 aliphatic heterocycles. The van der Waals surface area contributed by atoms with Gasteiger partial charge in [0.05, 0.1) is 4.90 Å². The number of hydrogen-bond donors (Lipinski definition) is 0. The second kappa shape index (κ2) is 10.5. The smallest absolute Gasteiger partial charge is 0.331 e. The Labute approximate surface area is 201 Å². The molecule has 1 atom stereocenters. The van der Waals surface area contributed by atoms with Gasteiger partial charge in [-0.15, -0.1) is 0 Å². The minimum Gasteiger partial charge on any atom is -0.449 e. The number of sulfonamides is 1. The van der Waals surface area contributed by atoms with Crippen molar-refractivity contribution in [3.8, 4) is 0 Å². The van der Waals surface area contributed by atoms with Gasteiger partial charge < -0.3 is 9.64 Å². The van der Waals surface area contributed by atoms with E-state index in [1.54, 1.807) is 46.5 Å². The summed E-state index contributed by atoms with van der Waals surface area (Å²) in [5.41, 5.74) is 2.64. The number of benzene rings is 2. The maximum atomic E-state index is 12.9. The third kappa shape index (κ3) is 5.39. The van der Waals surface area contributed by atoms with Gasteiger partial charge in [-0.1, -0.05) is 43.2 Å². The number of para-hydroxylation sites is 1. The Morgan fingerprint density at radius 3 is 2.32 bits per heavy atom. The molecule has 2 aliphatic rings. The van der Waals surface area contributed by atoms with E-state index in [1.165, 1.54) is 6.08 Å². The predicted molar refractivity (Wildman–Crippen MR) is 131 cm³/mol. The van der Waals surface area contributed by atoms with Crippen LogP contribution >= 0.6 is 0 Å². The topological polar surface area (TPSA) is 84.0 Å². The summed E-state index contributed by atoms with van der Waals surface area (Å²) in [6.07, 6.45) is 6.55. The molecule has 4 rings (SSSR count). The van der Waals surface area contributed by atoms with E-state index >= 15 is 0 Å². The highest BCUT2D eigenvalue weighted by molar-refractivity contribution is 7.89. The van der Waals surface area contributed by atoms with E-state index < -0.39 is 22.1 Å². The van der Waals surface area contributed by atoms with Crippen LogP contribution in [0.5, 0.6) is 0 Å². The Morgan fingerprint density at radius 2 is 1.62 bits per heavy atom. The van der Waals surface area contributed by atoms with E-state index in [-0.39, 0.29) is 10.8 Å². The van der Waals surface area contributed by atoms with Gasteiger partial charge in [-0.2, -0.15) is 4.31 Å². The van der Waals surface area contributed by atoms with Gasteiger partial charge in [-0.05, 0) is 61.6 Å². The molecule has 0 saturated carbocycles. The van der Waals surface area contributed by atoms with Gasteiger partial charge in [0.1, 0.15) is 0 Å². The van der Waals surface area contributed by atoms with Crippen molar-refractivity contribution in [1.82, 2.24) is 4.31 Å². The number of hydrogen-bond acceptors (Lipinski definition) is 5. The summed E-state index contributed by atoms with van der Waals surface area (Å²) in [7, 11) is -3.51. The van der Waals surface area contributed by atoms with Crippen molar-refractivity contribution in [3.05, 3.63) is 65.7 Å². The number of amides is 1. The van der Waals surface area contributed by atoms with Gasteiger partial charge in [0.15, 0.2) is 6.10 Å². The predicted octanol–water partition coefficient (Wildman–Crippen LogP) is 3.79. The van der Waals surface area contributed by atoms with Crippen LogP contribution in [0.2, 0.25) is 0 Å². The fourth-order valence-corrected chi connectivity index (χ4v) is 5.91. The van der Waals surface area contributed by atoms with Gasteiger partial charge in [0.25, 0.3) is 5.91 Å². The molecule has 2 heterocycles. The third-order valence-electron chi connectivity index (χ3n) is 6.29. The van der Waals surface area contributed by atoms with E-state index in [4.69, 9.17) is 4.74 Å². The van der Waals surface area contributed by atoms with Crippen LogP contribution in [0.1, 0.15) is 43.7 Å². The standard InChI is InChI=1S/C26H30N2O5S/c1-20(26(30)28-19-16-22-8-4-5-9-24(22)28)33-25(29)15-12-21-10-13-23(14-11-21)34(31,32)27-17-6-2-3-7-18-27/h4-5,8-15,20H,2-3,6-7,16-19H2,1H3/b15-12+. The molecule has 0 radical (unpaired) electrons. The number of carbonyl (C=O) groups excluding carboxylic acids is 2. The van der Waals surface area contributed by atoms with Crippen molar-refractivity contribution in [3.63, 3.8) is 0 Å². The Kier molecular flexibility index (Phi) is 7.48. The van der Waals surface area contributed by atoms with Gasteiger partial charge in [-0.25, -0.2) is 13.2 Å². The van der Waals surface area contributed by atoms with Crippen LogP contribution in [0.25, 0.3) is 6.08 Å². The number of fused-ring (bicyclic) bond motifs is 1. The summed E-state index contributed by atoms with van der Waals surface area (Å²) in [5, 5.41) is 0. The first kappa shape index (κ1) is 24.2. The minimum atomic E-state index is -3.51. The quantitative estimate of drug-likeness (QED) is 0.462. The van der Waals surface area contributed by atoms with Crippen molar-refractivity contribution in [2.45, 2.75) is 50.0 Å². The maximum Gasteiger partial charge on any atom is 0.331 e. The van der Waals surface area contributed by atoms with Gasteiger partial charge in [0, 0.05) is 31.4 Å². The van der Waals surface area contributed by atoms with E-state index in [9.17, 15) is 18.0 Å². The molecule has 34 heavy (non-hydrogen) atoms. The summed E-state index contributed by atoms with van der Waals surface area (Å²) in [5.74, 6) is -0.885. The lowest BCUT2D eigenvalue weighted by Gasteiger charge is -2.21. The molecule has 1 saturated heterocycles. The molecule has 2 aromatic carbocycles. The average molecular weight is 483 g/mol. The molecular formula is C26H30N2O5S. The highest BCUT2D eigenvalue weighted by Crippen LogP contribution is 2.28. The summed E-state index contributed by atoms with van der Waals surface area (Å²) in [6, 6.07) is 14.1. The molecule has 1 amide bonds. The maximum absolute atomic E-state index is 12.9. The van der Waals surface area contributed by atoms with Crippen molar-refractivity contribution >= 4 is 33.7 Å². The zero-order valence-corrected chi connectivity index (χ0v) is 20.2. The Balaban J connectivity index is 1.34. The zero-order valence-electron chi connectivity index (χ0n) is 19.4. The van der Waals surface area contributed by atoms with Crippen LogP contribution in [-0.4, -0.2) is 50.3 Å². The molecule has 0 aliphatic carbocycles. The number of esters is 1. The SMILES string of the molecule is CC(OC(=O)/C=C/c1ccc(S(=O)(=O)N2CCCCCC2)cc1)C(=O)N1CCc2ccccc21. The molecule has 1 fully saturated rings. The van der Waals surface area contributed by atoms with E-state index in [0.717, 1.165) is 43.4 Å². The van der Waals surface area contributed by atoms with Crippen LogP contribution in [-0.2, 0) is 30.8 Å². The molecule has 0 N–H and O–H groups in total. The lowest BCUT2D eigenvalue weighted by atomic mass is 10.2. The minimum absolute atomic E-state index is 0.249. The van der Waals surface area contributed by atoms with Gasteiger partial charge in [0.2, 0.25) is 10.0 Å². The lowest BCUT2D eigenvalue weighted by molar-refractivity contribution is -0.149. The Hall–Kier alpha value is -2.97. The molecule has 0 aromatic heterocycles. The summed E-state index contributed by atoms with van der Waals surface area (Å²) >= 11 is 0. The Morgan fingerprint density at radius 1 is 0.941 bits per heavy atom. The summed E-state index contributed by atoms with van der Waals surface area (Å²) in [4.78, 5) is 26.9. The molecule has 1 unspecified atom stereocenters. The highest BCUT2D eigenvalue weighted by atomic mass is 32.2. The largest absolute Gasteiger partial charge is 0.449 e. The van der Waals surface area contributed by atoms with Crippen LogP contribution in [0.4, 0.5) is 5.69 Å².